The summed E-state index contributed by atoms with van der Waals surface area (Å²) in [6.45, 7) is 4.74. The highest BCUT2D eigenvalue weighted by atomic mass is 127. The minimum Gasteiger partial charge on any atom is -0.493 e. The Morgan fingerprint density at radius 2 is 1.92 bits per heavy atom. The quantitative estimate of drug-likeness (QED) is 0.494. The summed E-state index contributed by atoms with van der Waals surface area (Å²) in [7, 11) is 0. The topological polar surface area (TPSA) is 50.4 Å². The molecule has 0 spiro atoms. The fourth-order valence-electron chi connectivity index (χ4n) is 1.89. The summed E-state index contributed by atoms with van der Waals surface area (Å²) in [5, 5.41) is 5.24. The lowest BCUT2D eigenvalue weighted by Crippen LogP contribution is -2.34. The standard InChI is InChI=1S/C18H18FIN2O2S/c1-11(2)10-24-14-6-3-12(4-7-14)17(23)22-18(25)21-16-8-5-13(20)9-15(16)19/h3-9,11H,10H2,1-2H3,(H2,21,22,23,25). The summed E-state index contributed by atoms with van der Waals surface area (Å²) in [5.41, 5.74) is 0.646. The molecular formula is C18H18FIN2O2S. The largest absolute Gasteiger partial charge is 0.493 e. The second kappa shape index (κ2) is 9.10. The molecule has 2 N–H and O–H groups in total. The molecule has 0 heterocycles. The summed E-state index contributed by atoms with van der Waals surface area (Å²) in [6, 6.07) is 11.4. The molecule has 0 saturated carbocycles. The van der Waals surface area contributed by atoms with Gasteiger partial charge in [0.15, 0.2) is 5.11 Å². The first kappa shape index (κ1) is 19.6. The third-order valence-corrected chi connectivity index (χ3v) is 3.98. The van der Waals surface area contributed by atoms with E-state index in [1.807, 2.05) is 22.6 Å². The van der Waals surface area contributed by atoms with Gasteiger partial charge in [-0.1, -0.05) is 13.8 Å². The van der Waals surface area contributed by atoms with Crippen LogP contribution in [0, 0.1) is 15.3 Å². The molecule has 2 rings (SSSR count). The highest BCUT2D eigenvalue weighted by molar-refractivity contribution is 14.1. The number of nitrogens with one attached hydrogen (secondary N) is 2. The van der Waals surface area contributed by atoms with Gasteiger partial charge in [0, 0.05) is 9.13 Å². The summed E-state index contributed by atoms with van der Waals surface area (Å²) in [4.78, 5) is 12.2. The number of hydrogen-bond donors (Lipinski definition) is 2. The predicted octanol–water partition coefficient (Wildman–Crippen LogP) is 4.59. The van der Waals surface area contributed by atoms with Crippen molar-refractivity contribution in [3.8, 4) is 5.75 Å². The lowest BCUT2D eigenvalue weighted by molar-refractivity contribution is 0.0977. The minimum atomic E-state index is -0.435. The molecule has 7 heteroatoms. The number of anilines is 1. The lowest BCUT2D eigenvalue weighted by Gasteiger charge is -2.11. The van der Waals surface area contributed by atoms with E-state index < -0.39 is 5.82 Å². The first-order valence-electron chi connectivity index (χ1n) is 7.65. The van der Waals surface area contributed by atoms with Crippen molar-refractivity contribution in [3.63, 3.8) is 0 Å². The molecule has 0 saturated heterocycles. The third-order valence-electron chi connectivity index (χ3n) is 3.11. The maximum atomic E-state index is 13.8. The molecule has 0 atom stereocenters. The number of amides is 1. The summed E-state index contributed by atoms with van der Waals surface area (Å²) in [6.07, 6.45) is 0. The molecule has 2 aromatic rings. The fourth-order valence-corrected chi connectivity index (χ4v) is 2.54. The zero-order chi connectivity index (χ0) is 18.4. The van der Waals surface area contributed by atoms with Crippen molar-refractivity contribution in [1.82, 2.24) is 5.32 Å². The van der Waals surface area contributed by atoms with Gasteiger partial charge in [-0.15, -0.1) is 0 Å². The van der Waals surface area contributed by atoms with Crippen LogP contribution in [0.2, 0.25) is 0 Å². The molecule has 0 radical (unpaired) electrons. The van der Waals surface area contributed by atoms with Gasteiger partial charge in [0.05, 0.1) is 12.3 Å². The Bertz CT molecular complexity index is 766. The highest BCUT2D eigenvalue weighted by Crippen LogP contribution is 2.17. The molecule has 0 fully saturated rings. The number of benzene rings is 2. The normalized spacial score (nSPS) is 10.4. The molecule has 4 nitrogen and oxygen atoms in total. The third kappa shape index (κ3) is 6.24. The Kier molecular flexibility index (Phi) is 7.12. The van der Waals surface area contributed by atoms with Crippen molar-refractivity contribution >= 4 is 51.5 Å². The second-order valence-electron chi connectivity index (χ2n) is 5.76. The van der Waals surface area contributed by atoms with Gasteiger partial charge in [-0.2, -0.15) is 0 Å². The molecule has 0 aliphatic heterocycles. The molecule has 2 aromatic carbocycles. The maximum Gasteiger partial charge on any atom is 0.257 e. The van der Waals surface area contributed by atoms with E-state index in [0.717, 1.165) is 3.57 Å². The van der Waals surface area contributed by atoms with E-state index in [4.69, 9.17) is 17.0 Å². The molecule has 0 unspecified atom stereocenters. The Morgan fingerprint density at radius 3 is 2.52 bits per heavy atom. The number of rotatable bonds is 5. The van der Waals surface area contributed by atoms with E-state index in [9.17, 15) is 9.18 Å². The Labute approximate surface area is 165 Å². The fraction of sp³-hybridized carbons (Fsp3) is 0.222. The Morgan fingerprint density at radius 1 is 1.24 bits per heavy atom. The number of ether oxygens (including phenoxy) is 1. The van der Waals surface area contributed by atoms with Gasteiger partial charge in [-0.3, -0.25) is 10.1 Å². The van der Waals surface area contributed by atoms with Crippen LogP contribution >= 0.6 is 34.8 Å². The highest BCUT2D eigenvalue weighted by Gasteiger charge is 2.10. The molecule has 1 amide bonds. The monoisotopic (exact) mass is 472 g/mol. The molecule has 0 aromatic heterocycles. The molecule has 0 bridgehead atoms. The molecule has 0 aliphatic carbocycles. The average Bonchev–Trinajstić information content (AvgIpc) is 2.56. The second-order valence-corrected chi connectivity index (χ2v) is 7.42. The van der Waals surface area contributed by atoms with Crippen molar-refractivity contribution in [2.24, 2.45) is 5.92 Å². The summed E-state index contributed by atoms with van der Waals surface area (Å²) < 4.78 is 20.1. The van der Waals surface area contributed by atoms with Gasteiger partial charge in [-0.05, 0) is 83.2 Å². The molecule has 132 valence electrons. The zero-order valence-corrected chi connectivity index (χ0v) is 16.8. The van der Waals surface area contributed by atoms with Crippen LogP contribution < -0.4 is 15.4 Å². The van der Waals surface area contributed by atoms with E-state index >= 15 is 0 Å². The van der Waals surface area contributed by atoms with Gasteiger partial charge < -0.3 is 10.1 Å². The smallest absolute Gasteiger partial charge is 0.257 e. The van der Waals surface area contributed by atoms with Gasteiger partial charge in [0.2, 0.25) is 0 Å². The van der Waals surface area contributed by atoms with E-state index in [1.165, 1.54) is 6.07 Å². The molecular weight excluding hydrogens is 454 g/mol. The van der Waals surface area contributed by atoms with Gasteiger partial charge in [-0.25, -0.2) is 4.39 Å². The first-order valence-corrected chi connectivity index (χ1v) is 9.14. The number of carbonyl (C=O) groups excluding carboxylic acids is 1. The lowest BCUT2D eigenvalue weighted by atomic mass is 10.2. The van der Waals surface area contributed by atoms with Crippen LogP contribution in [-0.4, -0.2) is 17.6 Å². The van der Waals surface area contributed by atoms with E-state index in [0.29, 0.717) is 23.8 Å². The number of hydrogen-bond acceptors (Lipinski definition) is 3. The van der Waals surface area contributed by atoms with Gasteiger partial charge >= 0.3 is 0 Å². The van der Waals surface area contributed by atoms with Crippen molar-refractivity contribution in [1.29, 1.82) is 0 Å². The first-order chi connectivity index (χ1) is 11.8. The Hall–Kier alpha value is -1.74. The summed E-state index contributed by atoms with van der Waals surface area (Å²) in [5.74, 6) is 0.314. The van der Waals surface area contributed by atoms with Gasteiger partial charge in [0.1, 0.15) is 11.6 Å². The minimum absolute atomic E-state index is 0.0326. The number of thiocarbonyl (C=S) groups is 1. The Balaban J connectivity index is 1.93. The zero-order valence-electron chi connectivity index (χ0n) is 13.8. The van der Waals surface area contributed by atoms with Crippen LogP contribution in [-0.2, 0) is 0 Å². The SMILES string of the molecule is CC(C)COc1ccc(C(=O)NC(=S)Nc2ccc(I)cc2F)cc1. The van der Waals surface area contributed by atoms with Crippen LogP contribution in [0.15, 0.2) is 42.5 Å². The van der Waals surface area contributed by atoms with Gasteiger partial charge in [0.25, 0.3) is 5.91 Å². The van der Waals surface area contributed by atoms with Crippen molar-refractivity contribution < 1.29 is 13.9 Å². The maximum absolute atomic E-state index is 13.8. The average molecular weight is 472 g/mol. The van der Waals surface area contributed by atoms with Crippen LogP contribution in [0.25, 0.3) is 0 Å². The predicted molar refractivity (Wildman–Crippen MR) is 110 cm³/mol. The van der Waals surface area contributed by atoms with E-state index in [-0.39, 0.29) is 16.7 Å². The van der Waals surface area contributed by atoms with Crippen molar-refractivity contribution in [2.45, 2.75) is 13.8 Å². The van der Waals surface area contributed by atoms with Crippen LogP contribution in [0.3, 0.4) is 0 Å². The molecule has 25 heavy (non-hydrogen) atoms. The molecule has 0 aliphatic rings. The van der Waals surface area contributed by atoms with Crippen molar-refractivity contribution in [2.75, 3.05) is 11.9 Å². The number of carbonyl (C=O) groups is 1. The van der Waals surface area contributed by atoms with Crippen LogP contribution in [0.1, 0.15) is 24.2 Å². The van der Waals surface area contributed by atoms with Crippen LogP contribution in [0.4, 0.5) is 10.1 Å². The summed E-state index contributed by atoms with van der Waals surface area (Å²) >= 11 is 7.08. The van der Waals surface area contributed by atoms with Crippen molar-refractivity contribution in [3.05, 3.63) is 57.4 Å². The number of halogens is 2. The van der Waals surface area contributed by atoms with Crippen LogP contribution in [0.5, 0.6) is 5.75 Å². The van der Waals surface area contributed by atoms with E-state index in [1.54, 1.807) is 36.4 Å². The van der Waals surface area contributed by atoms with E-state index in [2.05, 4.69) is 24.5 Å².